The summed E-state index contributed by atoms with van der Waals surface area (Å²) < 4.78 is 11.9. The minimum atomic E-state index is -0.631. The lowest BCUT2D eigenvalue weighted by atomic mass is 10.1. The first-order chi connectivity index (χ1) is 9.52. The number of esters is 1. The molecule has 1 aliphatic heterocycles. The number of quaternary nitrogens is 1. The molecule has 0 spiro atoms. The van der Waals surface area contributed by atoms with Crippen molar-refractivity contribution in [1.82, 2.24) is 0 Å². The minimum Gasteiger partial charge on any atom is -0.454 e. The molecule has 0 bridgehead atoms. The molecule has 4 nitrogen and oxygen atoms in total. The maximum atomic E-state index is 12.3. The predicted molar refractivity (Wildman–Crippen MR) is 77.1 cm³/mol. The lowest BCUT2D eigenvalue weighted by Gasteiger charge is -2.37. The van der Waals surface area contributed by atoms with Crippen molar-refractivity contribution in [2.24, 2.45) is 0 Å². The second-order valence-corrected chi connectivity index (χ2v) is 6.07. The molecule has 2 unspecified atom stereocenters. The number of likely N-dealkylation sites (tertiary alicyclic amines) is 1. The predicted octanol–water partition coefficient (Wildman–Crippen LogP) is 2.16. The van der Waals surface area contributed by atoms with E-state index in [0.717, 1.165) is 36.0 Å². The van der Waals surface area contributed by atoms with E-state index >= 15 is 0 Å². The van der Waals surface area contributed by atoms with Gasteiger partial charge < -0.3 is 14.0 Å². The first kappa shape index (κ1) is 15.0. The van der Waals surface area contributed by atoms with Gasteiger partial charge >= 0.3 is 5.97 Å². The van der Waals surface area contributed by atoms with E-state index in [9.17, 15) is 4.79 Å². The smallest absolute Gasteiger partial charge is 0.340 e. The normalized spacial score (nSPS) is 23.1. The van der Waals surface area contributed by atoms with Crippen LogP contribution in [0.2, 0.25) is 0 Å². The molecule has 0 radical (unpaired) electrons. The molecule has 2 rings (SSSR count). The number of likely N-dealkylation sites (N-methyl/N-ethyl adjacent to an activating group) is 1. The third kappa shape index (κ3) is 3.81. The van der Waals surface area contributed by atoms with E-state index in [1.54, 1.807) is 7.11 Å². The van der Waals surface area contributed by atoms with Crippen molar-refractivity contribution in [3.8, 4) is 0 Å². The number of hydrogen-bond acceptors (Lipinski definition) is 3. The van der Waals surface area contributed by atoms with Gasteiger partial charge in [-0.25, -0.2) is 4.79 Å². The molecule has 1 fully saturated rings. The maximum Gasteiger partial charge on any atom is 0.340 e. The maximum absolute atomic E-state index is 12.3. The Hall–Kier alpha value is -1.39. The van der Waals surface area contributed by atoms with Gasteiger partial charge in [0.25, 0.3) is 0 Å². The van der Waals surface area contributed by atoms with Crippen molar-refractivity contribution in [2.75, 3.05) is 34.3 Å². The molecular weight excluding hydrogens is 254 g/mol. The van der Waals surface area contributed by atoms with Gasteiger partial charge in [-0.15, -0.1) is 0 Å². The lowest BCUT2D eigenvalue weighted by molar-refractivity contribution is -0.898. The van der Waals surface area contributed by atoms with Gasteiger partial charge in [-0.3, -0.25) is 0 Å². The topological polar surface area (TPSA) is 35.5 Å². The second kappa shape index (κ2) is 6.37. The van der Waals surface area contributed by atoms with Crippen LogP contribution in [-0.4, -0.2) is 50.9 Å². The molecule has 2 atom stereocenters. The quantitative estimate of drug-likeness (QED) is 0.625. The van der Waals surface area contributed by atoms with Gasteiger partial charge in [-0.1, -0.05) is 30.3 Å². The summed E-state index contributed by atoms with van der Waals surface area (Å²) >= 11 is 0. The number of rotatable bonds is 4. The molecule has 1 aromatic rings. The molecule has 0 N–H and O–H groups in total. The molecular formula is C16H24NO3+. The molecule has 1 aromatic carbocycles. The van der Waals surface area contributed by atoms with Gasteiger partial charge in [0.2, 0.25) is 0 Å². The standard InChI is InChI=1S/C16H24NO3/c1-17(2)11-7-10-14(12-17)20-16(18)15(19-3)13-8-5-4-6-9-13/h4-6,8-9,14-15H,7,10-12H2,1-3H3/q+1. The van der Waals surface area contributed by atoms with Crippen LogP contribution in [0.4, 0.5) is 0 Å². The number of carbonyl (C=O) groups is 1. The zero-order chi connectivity index (χ0) is 14.6. The van der Waals surface area contributed by atoms with E-state index in [1.807, 2.05) is 30.3 Å². The number of hydrogen-bond donors (Lipinski definition) is 0. The molecule has 0 amide bonds. The van der Waals surface area contributed by atoms with E-state index < -0.39 is 6.10 Å². The first-order valence-corrected chi connectivity index (χ1v) is 7.12. The third-order valence-electron chi connectivity index (χ3n) is 3.82. The average Bonchev–Trinajstić information content (AvgIpc) is 2.39. The van der Waals surface area contributed by atoms with Crippen LogP contribution in [0.5, 0.6) is 0 Å². The lowest BCUT2D eigenvalue weighted by Crippen LogP contribution is -2.51. The van der Waals surface area contributed by atoms with Crippen LogP contribution in [0, 0.1) is 0 Å². The molecule has 0 aromatic heterocycles. The zero-order valence-corrected chi connectivity index (χ0v) is 12.5. The Labute approximate surface area is 120 Å². The fourth-order valence-electron chi connectivity index (χ4n) is 2.80. The molecule has 110 valence electrons. The summed E-state index contributed by atoms with van der Waals surface area (Å²) in [6.45, 7) is 2.01. The summed E-state index contributed by atoms with van der Waals surface area (Å²) in [5.74, 6) is -0.286. The van der Waals surface area contributed by atoms with E-state index in [0.29, 0.717) is 0 Å². The molecule has 0 aliphatic carbocycles. The van der Waals surface area contributed by atoms with Crippen molar-refractivity contribution in [3.05, 3.63) is 35.9 Å². The summed E-state index contributed by atoms with van der Waals surface area (Å²) in [4.78, 5) is 12.3. The fourth-order valence-corrected chi connectivity index (χ4v) is 2.80. The summed E-state index contributed by atoms with van der Waals surface area (Å²) in [6, 6.07) is 9.49. The summed E-state index contributed by atoms with van der Waals surface area (Å²) in [5, 5.41) is 0. The van der Waals surface area contributed by atoms with Crippen molar-refractivity contribution in [3.63, 3.8) is 0 Å². The first-order valence-electron chi connectivity index (χ1n) is 7.12. The second-order valence-electron chi connectivity index (χ2n) is 6.07. The van der Waals surface area contributed by atoms with Crippen molar-refractivity contribution in [1.29, 1.82) is 0 Å². The highest BCUT2D eigenvalue weighted by Gasteiger charge is 2.32. The minimum absolute atomic E-state index is 0.00684. The van der Waals surface area contributed by atoms with Gasteiger partial charge in [0.05, 0.1) is 20.6 Å². The van der Waals surface area contributed by atoms with Crippen molar-refractivity contribution in [2.45, 2.75) is 25.0 Å². The SMILES string of the molecule is COC(C(=O)OC1CCC[N+](C)(C)C1)c1ccccc1. The highest BCUT2D eigenvalue weighted by Crippen LogP contribution is 2.22. The summed E-state index contributed by atoms with van der Waals surface area (Å²) in [6.07, 6.45) is 1.40. The Bertz CT molecular complexity index is 444. The van der Waals surface area contributed by atoms with Gasteiger partial charge in [-0.2, -0.15) is 0 Å². The van der Waals surface area contributed by atoms with Crippen LogP contribution in [0.15, 0.2) is 30.3 Å². The van der Waals surface area contributed by atoms with E-state index in [2.05, 4.69) is 14.1 Å². The number of ether oxygens (including phenoxy) is 2. The number of piperidine rings is 1. The molecule has 4 heteroatoms. The monoisotopic (exact) mass is 278 g/mol. The number of methoxy groups -OCH3 is 1. The third-order valence-corrected chi connectivity index (χ3v) is 3.82. The van der Waals surface area contributed by atoms with Crippen LogP contribution in [0.1, 0.15) is 24.5 Å². The van der Waals surface area contributed by atoms with Crippen LogP contribution in [-0.2, 0) is 14.3 Å². The van der Waals surface area contributed by atoms with Crippen LogP contribution < -0.4 is 0 Å². The van der Waals surface area contributed by atoms with E-state index in [-0.39, 0.29) is 12.1 Å². The average molecular weight is 278 g/mol. The Morgan fingerprint density at radius 1 is 1.30 bits per heavy atom. The molecule has 1 heterocycles. The van der Waals surface area contributed by atoms with Gasteiger partial charge in [0, 0.05) is 13.5 Å². The van der Waals surface area contributed by atoms with Gasteiger partial charge in [0.15, 0.2) is 12.2 Å². The van der Waals surface area contributed by atoms with Gasteiger partial charge in [-0.05, 0) is 12.0 Å². The fraction of sp³-hybridized carbons (Fsp3) is 0.562. The van der Waals surface area contributed by atoms with Crippen molar-refractivity contribution >= 4 is 5.97 Å². The summed E-state index contributed by atoms with van der Waals surface area (Å²) in [5.41, 5.74) is 0.838. The Kier molecular flexibility index (Phi) is 4.78. The van der Waals surface area contributed by atoms with E-state index in [1.165, 1.54) is 0 Å². The number of carbonyl (C=O) groups excluding carboxylic acids is 1. The summed E-state index contributed by atoms with van der Waals surface area (Å²) in [7, 11) is 5.88. The highest BCUT2D eigenvalue weighted by atomic mass is 16.6. The Morgan fingerprint density at radius 3 is 2.60 bits per heavy atom. The molecule has 20 heavy (non-hydrogen) atoms. The highest BCUT2D eigenvalue weighted by molar-refractivity contribution is 5.76. The Balaban J connectivity index is 1.99. The largest absolute Gasteiger partial charge is 0.454 e. The van der Waals surface area contributed by atoms with E-state index in [4.69, 9.17) is 9.47 Å². The van der Waals surface area contributed by atoms with Crippen molar-refractivity contribution < 1.29 is 18.8 Å². The Morgan fingerprint density at radius 2 is 2.00 bits per heavy atom. The van der Waals surface area contributed by atoms with Crippen LogP contribution in [0.3, 0.4) is 0 Å². The number of nitrogens with zero attached hydrogens (tertiary/aromatic N) is 1. The zero-order valence-electron chi connectivity index (χ0n) is 12.5. The molecule has 0 saturated carbocycles. The molecule has 1 aliphatic rings. The van der Waals surface area contributed by atoms with Crippen LogP contribution in [0.25, 0.3) is 0 Å². The van der Waals surface area contributed by atoms with Gasteiger partial charge in [0.1, 0.15) is 6.54 Å². The number of benzene rings is 1. The van der Waals surface area contributed by atoms with Crippen LogP contribution >= 0.6 is 0 Å². The molecule has 1 saturated heterocycles.